The summed E-state index contributed by atoms with van der Waals surface area (Å²) in [5.41, 5.74) is 1.28. The van der Waals surface area contributed by atoms with E-state index >= 15 is 0 Å². The highest BCUT2D eigenvalue weighted by molar-refractivity contribution is 5.83. The molecule has 0 fully saturated rings. The van der Waals surface area contributed by atoms with Gasteiger partial charge in [0.15, 0.2) is 6.17 Å². The molecule has 0 spiro atoms. The van der Waals surface area contributed by atoms with Crippen LogP contribution in [0.2, 0.25) is 0 Å². The first-order valence-electron chi connectivity index (χ1n) is 4.91. The number of furan rings is 1. The highest BCUT2D eigenvalue weighted by Crippen LogP contribution is 2.25. The Kier molecular flexibility index (Phi) is 2.19. The van der Waals surface area contributed by atoms with Crippen LogP contribution in [0.15, 0.2) is 27.8 Å². The van der Waals surface area contributed by atoms with Gasteiger partial charge in [0.25, 0.3) is 0 Å². The van der Waals surface area contributed by atoms with Gasteiger partial charge in [-0.2, -0.15) is 0 Å². The molecule has 2 rings (SSSR count). The van der Waals surface area contributed by atoms with Crippen molar-refractivity contribution in [1.82, 2.24) is 5.32 Å². The molecule has 2 heterocycles. The minimum atomic E-state index is -0.0197. The largest absolute Gasteiger partial charge is 0.466 e. The zero-order chi connectivity index (χ0) is 10.2. The van der Waals surface area contributed by atoms with Gasteiger partial charge in [0.05, 0.1) is 6.26 Å². The van der Waals surface area contributed by atoms with Crippen molar-refractivity contribution in [2.45, 2.75) is 38.9 Å². The highest BCUT2D eigenvalue weighted by atomic mass is 16.3. The first-order chi connectivity index (χ1) is 6.57. The molecule has 0 radical (unpaired) electrons. The average molecular weight is 192 g/mol. The Balaban J connectivity index is 2.26. The zero-order valence-corrected chi connectivity index (χ0v) is 8.87. The standard InChI is InChI=1S/C11H16N2O/c1-8-7-11(2,3)13-10(12-8)9-5-4-6-14-9/h4-6,10,13H,7H2,1-3H3. The van der Waals surface area contributed by atoms with E-state index in [9.17, 15) is 0 Å². The van der Waals surface area contributed by atoms with Crippen molar-refractivity contribution in [1.29, 1.82) is 0 Å². The summed E-state index contributed by atoms with van der Waals surface area (Å²) in [7, 11) is 0. The maximum absolute atomic E-state index is 5.35. The number of aliphatic imine (C=N–C) groups is 1. The molecule has 0 aliphatic carbocycles. The van der Waals surface area contributed by atoms with Crippen molar-refractivity contribution in [2.75, 3.05) is 0 Å². The van der Waals surface area contributed by atoms with Gasteiger partial charge in [-0.05, 0) is 32.9 Å². The lowest BCUT2D eigenvalue weighted by molar-refractivity contribution is 0.301. The Morgan fingerprint density at radius 3 is 2.93 bits per heavy atom. The molecule has 1 aliphatic heterocycles. The van der Waals surface area contributed by atoms with Crippen LogP contribution >= 0.6 is 0 Å². The molecule has 0 saturated carbocycles. The summed E-state index contributed by atoms with van der Waals surface area (Å²) in [4.78, 5) is 4.53. The second-order valence-electron chi connectivity index (χ2n) is 4.49. The van der Waals surface area contributed by atoms with E-state index in [1.807, 2.05) is 12.1 Å². The summed E-state index contributed by atoms with van der Waals surface area (Å²) in [6.07, 6.45) is 2.65. The summed E-state index contributed by atoms with van der Waals surface area (Å²) >= 11 is 0. The van der Waals surface area contributed by atoms with Crippen molar-refractivity contribution in [3.63, 3.8) is 0 Å². The lowest BCUT2D eigenvalue weighted by atomic mass is 9.95. The van der Waals surface area contributed by atoms with E-state index in [-0.39, 0.29) is 11.7 Å². The molecule has 1 N–H and O–H groups in total. The Labute approximate surface area is 84.2 Å². The van der Waals surface area contributed by atoms with Crippen LogP contribution in [0, 0.1) is 0 Å². The first kappa shape index (κ1) is 9.46. The lowest BCUT2D eigenvalue weighted by Crippen LogP contribution is -2.45. The van der Waals surface area contributed by atoms with Gasteiger partial charge in [-0.25, -0.2) is 0 Å². The lowest BCUT2D eigenvalue weighted by Gasteiger charge is -2.34. The number of hydrogen-bond acceptors (Lipinski definition) is 3. The fraction of sp³-hybridized carbons (Fsp3) is 0.545. The molecule has 0 saturated heterocycles. The maximum atomic E-state index is 5.35. The van der Waals surface area contributed by atoms with E-state index in [0.717, 1.165) is 12.2 Å². The number of hydrogen-bond donors (Lipinski definition) is 1. The molecule has 0 bridgehead atoms. The third-order valence-electron chi connectivity index (χ3n) is 2.39. The zero-order valence-electron chi connectivity index (χ0n) is 8.87. The van der Waals surface area contributed by atoms with E-state index in [1.165, 1.54) is 5.71 Å². The topological polar surface area (TPSA) is 37.5 Å². The summed E-state index contributed by atoms with van der Waals surface area (Å²) in [6.45, 7) is 6.43. The predicted octanol–water partition coefficient (Wildman–Crippen LogP) is 2.51. The van der Waals surface area contributed by atoms with Gasteiger partial charge in [-0.3, -0.25) is 10.3 Å². The first-order valence-corrected chi connectivity index (χ1v) is 4.91. The van der Waals surface area contributed by atoms with Crippen molar-refractivity contribution in [3.8, 4) is 0 Å². The van der Waals surface area contributed by atoms with E-state index in [0.29, 0.717) is 0 Å². The molecular weight excluding hydrogens is 176 g/mol. The van der Waals surface area contributed by atoms with E-state index < -0.39 is 0 Å². The summed E-state index contributed by atoms with van der Waals surface area (Å²) in [6, 6.07) is 3.85. The van der Waals surface area contributed by atoms with E-state index in [2.05, 4.69) is 31.1 Å². The van der Waals surface area contributed by atoms with Crippen molar-refractivity contribution < 1.29 is 4.42 Å². The van der Waals surface area contributed by atoms with Crippen LogP contribution in [-0.4, -0.2) is 11.3 Å². The second-order valence-corrected chi connectivity index (χ2v) is 4.49. The molecule has 3 heteroatoms. The third kappa shape index (κ3) is 1.87. The minimum absolute atomic E-state index is 0.0197. The van der Waals surface area contributed by atoms with Gasteiger partial charge in [0.2, 0.25) is 0 Å². The second kappa shape index (κ2) is 3.24. The molecular formula is C11H16N2O. The van der Waals surface area contributed by atoms with Crippen LogP contribution in [0.3, 0.4) is 0 Å². The fourth-order valence-electron chi connectivity index (χ4n) is 1.94. The molecule has 0 aromatic carbocycles. The van der Waals surface area contributed by atoms with E-state index in [4.69, 9.17) is 4.42 Å². The smallest absolute Gasteiger partial charge is 0.158 e. The van der Waals surface area contributed by atoms with Gasteiger partial charge in [0.1, 0.15) is 5.76 Å². The van der Waals surface area contributed by atoms with Crippen LogP contribution in [-0.2, 0) is 0 Å². The van der Waals surface area contributed by atoms with Crippen molar-refractivity contribution in [3.05, 3.63) is 24.2 Å². The van der Waals surface area contributed by atoms with Crippen LogP contribution < -0.4 is 5.32 Å². The molecule has 1 aromatic rings. The molecule has 1 unspecified atom stereocenters. The van der Waals surface area contributed by atoms with Crippen molar-refractivity contribution in [2.24, 2.45) is 4.99 Å². The van der Waals surface area contributed by atoms with Gasteiger partial charge >= 0.3 is 0 Å². The summed E-state index contributed by atoms with van der Waals surface area (Å²) in [5.74, 6) is 0.886. The van der Waals surface area contributed by atoms with Crippen LogP contribution in [0.4, 0.5) is 0 Å². The minimum Gasteiger partial charge on any atom is -0.466 e. The Morgan fingerprint density at radius 2 is 2.36 bits per heavy atom. The molecule has 1 aliphatic rings. The molecule has 0 amide bonds. The number of nitrogens with zero attached hydrogens (tertiary/aromatic N) is 1. The summed E-state index contributed by atoms with van der Waals surface area (Å²) < 4.78 is 5.35. The maximum Gasteiger partial charge on any atom is 0.158 e. The van der Waals surface area contributed by atoms with Gasteiger partial charge < -0.3 is 4.42 Å². The molecule has 76 valence electrons. The van der Waals surface area contributed by atoms with Crippen LogP contribution in [0.25, 0.3) is 0 Å². The van der Waals surface area contributed by atoms with Gasteiger partial charge in [-0.1, -0.05) is 0 Å². The molecule has 14 heavy (non-hydrogen) atoms. The number of rotatable bonds is 1. The average Bonchev–Trinajstić information content (AvgIpc) is 2.51. The predicted molar refractivity (Wildman–Crippen MR) is 56.4 cm³/mol. The SMILES string of the molecule is CC1=NC(c2ccco2)NC(C)(C)C1. The normalized spacial score (nSPS) is 25.9. The fourth-order valence-corrected chi connectivity index (χ4v) is 1.94. The Hall–Kier alpha value is -1.09. The van der Waals surface area contributed by atoms with Crippen LogP contribution in [0.1, 0.15) is 39.1 Å². The van der Waals surface area contributed by atoms with Crippen molar-refractivity contribution >= 4 is 5.71 Å². The highest BCUT2D eigenvalue weighted by Gasteiger charge is 2.29. The quantitative estimate of drug-likeness (QED) is 0.742. The summed E-state index contributed by atoms with van der Waals surface area (Å²) in [5, 5.41) is 3.44. The Morgan fingerprint density at radius 1 is 1.57 bits per heavy atom. The monoisotopic (exact) mass is 192 g/mol. The van der Waals surface area contributed by atoms with Gasteiger partial charge in [0, 0.05) is 17.7 Å². The van der Waals surface area contributed by atoms with Crippen LogP contribution in [0.5, 0.6) is 0 Å². The van der Waals surface area contributed by atoms with Gasteiger partial charge in [-0.15, -0.1) is 0 Å². The molecule has 3 nitrogen and oxygen atoms in total. The van der Waals surface area contributed by atoms with E-state index in [1.54, 1.807) is 6.26 Å². The Bertz CT molecular complexity index is 338. The number of nitrogens with one attached hydrogen (secondary N) is 1. The molecule has 1 aromatic heterocycles. The third-order valence-corrected chi connectivity index (χ3v) is 2.39. The molecule has 1 atom stereocenters.